The van der Waals surface area contributed by atoms with Crippen molar-refractivity contribution in [1.82, 2.24) is 24.9 Å². The monoisotopic (exact) mass is 719 g/mol. The summed E-state index contributed by atoms with van der Waals surface area (Å²) in [5.74, 6) is -2.66. The number of ether oxygens (including phenoxy) is 2. The van der Waals surface area contributed by atoms with Crippen LogP contribution in [0.15, 0.2) is 48.6 Å². The molecule has 0 spiro atoms. The molecule has 2 N–H and O–H groups in total. The summed E-state index contributed by atoms with van der Waals surface area (Å²) >= 11 is 0. The van der Waals surface area contributed by atoms with Gasteiger partial charge in [0.1, 0.15) is 23.2 Å². The van der Waals surface area contributed by atoms with Gasteiger partial charge >= 0.3 is 0 Å². The quantitative estimate of drug-likeness (QED) is 0.342. The summed E-state index contributed by atoms with van der Waals surface area (Å²) in [7, 11) is -0.556. The Morgan fingerprint density at radius 1 is 1.06 bits per heavy atom. The van der Waals surface area contributed by atoms with Gasteiger partial charge in [-0.3, -0.25) is 19.1 Å². The SMILES string of the molecule is COc1ccc2c(OC3C[C@H]4C(=O)N[C@]5(C(=O)NS(=O)(=O)C6CC6)C[C@H]5/C=C\CCCCN(C)C(=O)[C@@H]4C3)nc(-c3ccc(F)cc3)nc2c1C. The molecule has 3 aromatic rings. The Balaban J connectivity index is 1.21. The molecule has 0 radical (unpaired) electrons. The minimum absolute atomic E-state index is 0.154. The molecule has 3 aliphatic carbocycles. The van der Waals surface area contributed by atoms with Crippen molar-refractivity contribution >= 4 is 38.6 Å². The summed E-state index contributed by atoms with van der Waals surface area (Å²) < 4.78 is 53.6. The lowest BCUT2D eigenvalue weighted by molar-refractivity contribution is -0.140. The summed E-state index contributed by atoms with van der Waals surface area (Å²) in [5.41, 5.74) is 0.468. The van der Waals surface area contributed by atoms with E-state index >= 15 is 0 Å². The highest BCUT2D eigenvalue weighted by Crippen LogP contribution is 2.47. The molecule has 1 aliphatic heterocycles. The highest BCUT2D eigenvalue weighted by molar-refractivity contribution is 7.91. The molecule has 1 aromatic heterocycles. The molecule has 1 unspecified atom stereocenters. The van der Waals surface area contributed by atoms with E-state index in [1.165, 1.54) is 12.1 Å². The lowest BCUT2D eigenvalue weighted by atomic mass is 9.93. The van der Waals surface area contributed by atoms with Crippen LogP contribution in [0.25, 0.3) is 22.3 Å². The average molecular weight is 720 g/mol. The predicted molar refractivity (Wildman–Crippen MR) is 187 cm³/mol. The zero-order chi connectivity index (χ0) is 36.1. The zero-order valence-corrected chi connectivity index (χ0v) is 29.7. The standard InChI is InChI=1S/C37H42FN5O7S/c1-21-30(49-3)16-15-27-31(21)39-32(22-9-11-24(38)12-10-22)40-34(27)50-25-18-28-29(19-25)35(45)43(2)17-7-5-4-6-8-23-20-37(23,41-33(28)44)36(46)42-51(47,48)26-13-14-26/h6,8-12,15-16,23,25-26,28-29H,4-5,7,13-14,17-20H2,1-3H3,(H,41,44)(H,42,46)/b8-6-/t23-,25?,28-,29-,37-/m1/s1. The minimum atomic E-state index is -3.85. The molecule has 2 heterocycles. The first kappa shape index (κ1) is 34.8. The minimum Gasteiger partial charge on any atom is -0.496 e. The molecule has 0 saturated heterocycles. The molecule has 270 valence electrons. The van der Waals surface area contributed by atoms with Gasteiger partial charge < -0.3 is 19.7 Å². The van der Waals surface area contributed by atoms with Crippen LogP contribution < -0.4 is 19.5 Å². The van der Waals surface area contributed by atoms with Crippen LogP contribution >= 0.6 is 0 Å². The number of methoxy groups -OCH3 is 1. The first-order chi connectivity index (χ1) is 24.4. The van der Waals surface area contributed by atoms with Gasteiger partial charge in [-0.05, 0) is 94.7 Å². The number of hydrogen-bond donors (Lipinski definition) is 2. The maximum absolute atomic E-state index is 14.2. The molecule has 3 fully saturated rings. The molecule has 51 heavy (non-hydrogen) atoms. The fraction of sp³-hybridized carbons (Fsp3) is 0.486. The van der Waals surface area contributed by atoms with Gasteiger partial charge in [-0.2, -0.15) is 4.98 Å². The third-order valence-corrected chi connectivity index (χ3v) is 12.5. The van der Waals surface area contributed by atoms with Gasteiger partial charge in [-0.25, -0.2) is 17.8 Å². The number of nitrogens with one attached hydrogen (secondary N) is 2. The third kappa shape index (κ3) is 6.89. The van der Waals surface area contributed by atoms with E-state index in [1.807, 2.05) is 19.1 Å². The second-order valence-corrected chi connectivity index (χ2v) is 16.2. The van der Waals surface area contributed by atoms with E-state index in [4.69, 9.17) is 19.4 Å². The lowest BCUT2D eigenvalue weighted by Gasteiger charge is -2.26. The van der Waals surface area contributed by atoms with E-state index in [9.17, 15) is 27.2 Å². The number of aromatic nitrogens is 2. The summed E-state index contributed by atoms with van der Waals surface area (Å²) in [6, 6.07) is 9.39. The Bertz CT molecular complexity index is 2020. The molecule has 5 atom stereocenters. The number of allylic oxidation sites excluding steroid dienone is 1. The number of amides is 3. The van der Waals surface area contributed by atoms with Gasteiger partial charge in [0.2, 0.25) is 27.7 Å². The number of carbonyl (C=O) groups is 3. The van der Waals surface area contributed by atoms with Crippen LogP contribution in [0.3, 0.4) is 0 Å². The molecule has 3 saturated carbocycles. The number of halogens is 1. The number of fused-ring (bicyclic) bond motifs is 3. The second kappa shape index (κ2) is 13.5. The first-order valence-corrected chi connectivity index (χ1v) is 19.0. The van der Waals surface area contributed by atoms with Crippen molar-refractivity contribution in [1.29, 1.82) is 0 Å². The van der Waals surface area contributed by atoms with Crippen molar-refractivity contribution in [2.24, 2.45) is 17.8 Å². The Kier molecular flexibility index (Phi) is 9.23. The molecule has 12 nitrogen and oxygen atoms in total. The van der Waals surface area contributed by atoms with Crippen LogP contribution in [0.4, 0.5) is 4.39 Å². The highest BCUT2D eigenvalue weighted by Gasteiger charge is 2.62. The Morgan fingerprint density at radius 3 is 2.53 bits per heavy atom. The van der Waals surface area contributed by atoms with Crippen molar-refractivity contribution in [3.8, 4) is 23.0 Å². The number of rotatable bonds is 7. The number of benzene rings is 2. The molecule has 3 amide bonds. The zero-order valence-electron chi connectivity index (χ0n) is 28.9. The Labute approximate surface area is 296 Å². The highest BCUT2D eigenvalue weighted by atomic mass is 32.2. The first-order valence-electron chi connectivity index (χ1n) is 17.5. The molecule has 7 rings (SSSR count). The molecule has 4 aliphatic rings. The van der Waals surface area contributed by atoms with E-state index < -0.39 is 56.4 Å². The van der Waals surface area contributed by atoms with Crippen molar-refractivity contribution < 1.29 is 36.7 Å². The van der Waals surface area contributed by atoms with Crippen molar-refractivity contribution in [2.45, 2.75) is 75.2 Å². The van der Waals surface area contributed by atoms with Gasteiger partial charge in [0, 0.05) is 30.6 Å². The fourth-order valence-corrected chi connectivity index (χ4v) is 8.74. The van der Waals surface area contributed by atoms with Gasteiger partial charge in [-0.15, -0.1) is 0 Å². The fourth-order valence-electron chi connectivity index (χ4n) is 7.37. The summed E-state index contributed by atoms with van der Waals surface area (Å²) in [6.07, 6.45) is 7.15. The van der Waals surface area contributed by atoms with Gasteiger partial charge in [-0.1, -0.05) is 12.2 Å². The summed E-state index contributed by atoms with van der Waals surface area (Å²) in [5, 5.41) is 2.92. The average Bonchev–Trinajstić information content (AvgIpc) is 4.03. The summed E-state index contributed by atoms with van der Waals surface area (Å²) in [4.78, 5) is 52.9. The van der Waals surface area contributed by atoms with Crippen molar-refractivity contribution in [3.63, 3.8) is 0 Å². The third-order valence-electron chi connectivity index (χ3n) is 10.6. The Hall–Kier alpha value is -4.59. The maximum Gasteiger partial charge on any atom is 0.259 e. The van der Waals surface area contributed by atoms with E-state index in [0.29, 0.717) is 47.4 Å². The predicted octanol–water partition coefficient (Wildman–Crippen LogP) is 4.21. The smallest absolute Gasteiger partial charge is 0.259 e. The summed E-state index contributed by atoms with van der Waals surface area (Å²) in [6.45, 7) is 2.39. The van der Waals surface area contributed by atoms with Gasteiger partial charge in [0.25, 0.3) is 5.91 Å². The van der Waals surface area contributed by atoms with Crippen LogP contribution in [-0.2, 0) is 24.4 Å². The second-order valence-electron chi connectivity index (χ2n) is 14.2. The van der Waals surface area contributed by atoms with Crippen LogP contribution in [-0.4, -0.2) is 78.6 Å². The topological polar surface area (TPSA) is 157 Å². The molecular formula is C37H42FN5O7S. The van der Waals surface area contributed by atoms with Gasteiger partial charge in [0.05, 0.1) is 35.1 Å². The maximum atomic E-state index is 14.2. The number of hydrogen-bond acceptors (Lipinski definition) is 9. The number of sulfonamides is 1. The largest absolute Gasteiger partial charge is 0.496 e. The van der Waals surface area contributed by atoms with Crippen LogP contribution in [0.2, 0.25) is 0 Å². The molecule has 14 heteroatoms. The van der Waals surface area contributed by atoms with Crippen LogP contribution in [0.1, 0.15) is 56.9 Å². The van der Waals surface area contributed by atoms with E-state index in [1.54, 1.807) is 43.3 Å². The molecule has 2 aromatic carbocycles. The van der Waals surface area contributed by atoms with E-state index in [-0.39, 0.29) is 37.0 Å². The van der Waals surface area contributed by atoms with Crippen LogP contribution in [0.5, 0.6) is 11.6 Å². The number of nitrogens with zero attached hydrogens (tertiary/aromatic N) is 3. The molecular weight excluding hydrogens is 678 g/mol. The number of carbonyl (C=O) groups excluding carboxylic acids is 3. The van der Waals surface area contributed by atoms with E-state index in [0.717, 1.165) is 24.8 Å². The van der Waals surface area contributed by atoms with Crippen LogP contribution in [0, 0.1) is 30.5 Å². The normalized spacial score (nSPS) is 27.5. The van der Waals surface area contributed by atoms with E-state index in [2.05, 4.69) is 10.0 Å². The van der Waals surface area contributed by atoms with Crippen molar-refractivity contribution in [2.75, 3.05) is 20.7 Å². The van der Waals surface area contributed by atoms with Gasteiger partial charge in [0.15, 0.2) is 5.82 Å². The van der Waals surface area contributed by atoms with Crippen molar-refractivity contribution in [3.05, 3.63) is 59.9 Å². The lowest BCUT2D eigenvalue weighted by Crippen LogP contribution is -2.54. The Morgan fingerprint density at radius 2 is 1.80 bits per heavy atom. The number of aryl methyl sites for hydroxylation is 1. The molecule has 0 bridgehead atoms.